The topological polar surface area (TPSA) is 34.9 Å². The molecule has 2 rings (SSSR count). The predicted octanol–water partition coefficient (Wildman–Crippen LogP) is 3.93. The highest BCUT2D eigenvalue weighted by Crippen LogP contribution is 2.23. The van der Waals surface area contributed by atoms with Gasteiger partial charge in [-0.2, -0.15) is 5.10 Å². The Morgan fingerprint density at radius 1 is 1.26 bits per heavy atom. The van der Waals surface area contributed by atoms with Crippen LogP contribution < -0.4 is 0 Å². The van der Waals surface area contributed by atoms with Crippen LogP contribution in [0.5, 0.6) is 0 Å². The summed E-state index contributed by atoms with van der Waals surface area (Å²) in [6, 6.07) is 6.72. The summed E-state index contributed by atoms with van der Waals surface area (Å²) in [6.45, 7) is 1.90. The smallest absolute Gasteiger partial charge is 0.185 e. The minimum Gasteiger partial charge on any atom is -0.289 e. The highest BCUT2D eigenvalue weighted by atomic mass is 35.5. The van der Waals surface area contributed by atoms with Crippen LogP contribution in [-0.2, 0) is 7.05 Å². The largest absolute Gasteiger partial charge is 0.289 e. The van der Waals surface area contributed by atoms with Crippen molar-refractivity contribution in [2.45, 2.75) is 6.92 Å². The Bertz CT molecular complexity index is 659. The molecule has 1 aromatic carbocycles. The number of allylic oxidation sites excluding steroid dienone is 1. The van der Waals surface area contributed by atoms with Gasteiger partial charge in [0.25, 0.3) is 0 Å². The van der Waals surface area contributed by atoms with Gasteiger partial charge in [-0.05, 0) is 43.3 Å². The van der Waals surface area contributed by atoms with Crippen LogP contribution in [0.1, 0.15) is 21.7 Å². The molecule has 1 heterocycles. The molecule has 0 aliphatic carbocycles. The van der Waals surface area contributed by atoms with Crippen molar-refractivity contribution in [1.82, 2.24) is 9.78 Å². The summed E-state index contributed by atoms with van der Waals surface area (Å²) in [7, 11) is 1.83. The molecule has 0 saturated carbocycles. The van der Waals surface area contributed by atoms with Gasteiger partial charge in [0.1, 0.15) is 0 Å². The zero-order valence-corrected chi connectivity index (χ0v) is 12.0. The molecule has 2 aromatic rings. The average molecular weight is 295 g/mol. The first kappa shape index (κ1) is 13.8. The van der Waals surface area contributed by atoms with Crippen LogP contribution in [-0.4, -0.2) is 15.6 Å². The molecule has 19 heavy (non-hydrogen) atoms. The number of carbonyl (C=O) groups is 1. The monoisotopic (exact) mass is 294 g/mol. The van der Waals surface area contributed by atoms with Crippen molar-refractivity contribution >= 4 is 35.1 Å². The summed E-state index contributed by atoms with van der Waals surface area (Å²) >= 11 is 11.7. The van der Waals surface area contributed by atoms with Crippen molar-refractivity contribution in [1.29, 1.82) is 0 Å². The number of ketones is 1. The second-order valence-electron chi connectivity index (χ2n) is 4.16. The maximum absolute atomic E-state index is 12.0. The van der Waals surface area contributed by atoms with Crippen LogP contribution in [0.15, 0.2) is 30.3 Å². The molecule has 0 aliphatic rings. The summed E-state index contributed by atoms with van der Waals surface area (Å²) in [5.41, 5.74) is 2.28. The molecule has 0 spiro atoms. The SMILES string of the molecule is Cc1cc(/C=C/C(=O)c2ccc(Cl)c(Cl)c2)n(C)n1. The Hall–Kier alpha value is -1.58. The van der Waals surface area contributed by atoms with Crippen LogP contribution >= 0.6 is 23.2 Å². The summed E-state index contributed by atoms with van der Waals surface area (Å²) in [5.74, 6) is -0.127. The molecule has 0 aliphatic heterocycles. The van der Waals surface area contributed by atoms with E-state index >= 15 is 0 Å². The standard InChI is InChI=1S/C14H12Cl2N2O/c1-9-7-11(18(2)17-9)4-6-14(19)10-3-5-12(15)13(16)8-10/h3-8H,1-2H3/b6-4+. The van der Waals surface area contributed by atoms with Crippen molar-refractivity contribution in [2.24, 2.45) is 7.05 Å². The van der Waals surface area contributed by atoms with Gasteiger partial charge in [-0.15, -0.1) is 0 Å². The lowest BCUT2D eigenvalue weighted by atomic mass is 10.1. The summed E-state index contributed by atoms with van der Waals surface area (Å²) in [4.78, 5) is 12.0. The zero-order valence-electron chi connectivity index (χ0n) is 10.5. The first-order valence-corrected chi connectivity index (χ1v) is 6.41. The highest BCUT2D eigenvalue weighted by molar-refractivity contribution is 6.42. The van der Waals surface area contributed by atoms with E-state index in [1.54, 1.807) is 29.0 Å². The van der Waals surface area contributed by atoms with Gasteiger partial charge in [-0.25, -0.2) is 0 Å². The quantitative estimate of drug-likeness (QED) is 0.635. The molecule has 3 nitrogen and oxygen atoms in total. The second-order valence-corrected chi connectivity index (χ2v) is 4.98. The first-order valence-electron chi connectivity index (χ1n) is 5.65. The van der Waals surface area contributed by atoms with Crippen molar-refractivity contribution < 1.29 is 4.79 Å². The van der Waals surface area contributed by atoms with Gasteiger partial charge >= 0.3 is 0 Å². The summed E-state index contributed by atoms with van der Waals surface area (Å²) < 4.78 is 1.72. The Morgan fingerprint density at radius 3 is 2.58 bits per heavy atom. The van der Waals surface area contributed by atoms with Crippen LogP contribution in [0.3, 0.4) is 0 Å². The third kappa shape index (κ3) is 3.25. The van der Waals surface area contributed by atoms with E-state index in [2.05, 4.69) is 5.10 Å². The molecule has 0 atom stereocenters. The Morgan fingerprint density at radius 2 is 2.00 bits per heavy atom. The summed E-state index contributed by atoms with van der Waals surface area (Å²) in [5, 5.41) is 5.01. The number of benzene rings is 1. The van der Waals surface area contributed by atoms with E-state index in [4.69, 9.17) is 23.2 Å². The van der Waals surface area contributed by atoms with Gasteiger partial charge in [0.2, 0.25) is 0 Å². The zero-order chi connectivity index (χ0) is 14.0. The van der Waals surface area contributed by atoms with Crippen molar-refractivity contribution in [3.63, 3.8) is 0 Å². The maximum Gasteiger partial charge on any atom is 0.185 e. The molecule has 0 N–H and O–H groups in total. The van der Waals surface area contributed by atoms with Crippen molar-refractivity contribution in [3.05, 3.63) is 57.3 Å². The molecule has 0 unspecified atom stereocenters. The Labute approximate surface area is 121 Å². The minimum atomic E-state index is -0.127. The van der Waals surface area contributed by atoms with E-state index in [9.17, 15) is 4.79 Å². The van der Waals surface area contributed by atoms with Crippen LogP contribution in [0.4, 0.5) is 0 Å². The number of carbonyl (C=O) groups excluding carboxylic acids is 1. The average Bonchev–Trinajstić information content (AvgIpc) is 2.68. The van der Waals surface area contributed by atoms with Crippen molar-refractivity contribution in [3.8, 4) is 0 Å². The fourth-order valence-corrected chi connectivity index (χ4v) is 1.99. The molecular formula is C14H12Cl2N2O. The van der Waals surface area contributed by atoms with E-state index in [1.165, 1.54) is 6.08 Å². The minimum absolute atomic E-state index is 0.127. The van der Waals surface area contributed by atoms with Crippen LogP contribution in [0.25, 0.3) is 6.08 Å². The summed E-state index contributed by atoms with van der Waals surface area (Å²) in [6.07, 6.45) is 3.22. The number of rotatable bonds is 3. The molecule has 5 heteroatoms. The van der Waals surface area contributed by atoms with E-state index in [-0.39, 0.29) is 5.78 Å². The van der Waals surface area contributed by atoms with Gasteiger partial charge in [-0.3, -0.25) is 9.48 Å². The van der Waals surface area contributed by atoms with E-state index < -0.39 is 0 Å². The number of aryl methyl sites for hydroxylation is 2. The molecule has 0 fully saturated rings. The van der Waals surface area contributed by atoms with Gasteiger partial charge in [0.05, 0.1) is 21.4 Å². The van der Waals surface area contributed by atoms with E-state index in [0.717, 1.165) is 11.4 Å². The predicted molar refractivity (Wildman–Crippen MR) is 77.8 cm³/mol. The van der Waals surface area contributed by atoms with E-state index in [1.807, 2.05) is 20.0 Å². The lowest BCUT2D eigenvalue weighted by Gasteiger charge is -1.99. The third-order valence-corrected chi connectivity index (χ3v) is 3.39. The molecular weight excluding hydrogens is 283 g/mol. The number of halogens is 2. The van der Waals surface area contributed by atoms with Gasteiger partial charge in [0.15, 0.2) is 5.78 Å². The molecule has 1 aromatic heterocycles. The second kappa shape index (κ2) is 5.59. The fraction of sp³-hybridized carbons (Fsp3) is 0.143. The van der Waals surface area contributed by atoms with Gasteiger partial charge < -0.3 is 0 Å². The third-order valence-electron chi connectivity index (χ3n) is 2.65. The van der Waals surface area contributed by atoms with Gasteiger partial charge in [0, 0.05) is 12.6 Å². The van der Waals surface area contributed by atoms with Crippen molar-refractivity contribution in [2.75, 3.05) is 0 Å². The number of hydrogen-bond donors (Lipinski definition) is 0. The van der Waals surface area contributed by atoms with E-state index in [0.29, 0.717) is 15.6 Å². The van der Waals surface area contributed by atoms with Gasteiger partial charge in [-0.1, -0.05) is 23.2 Å². The molecule has 0 radical (unpaired) electrons. The number of hydrogen-bond acceptors (Lipinski definition) is 2. The lowest BCUT2D eigenvalue weighted by molar-refractivity contribution is 0.104. The molecule has 0 saturated heterocycles. The molecule has 98 valence electrons. The Kier molecular flexibility index (Phi) is 4.08. The lowest BCUT2D eigenvalue weighted by Crippen LogP contribution is -1.96. The van der Waals surface area contributed by atoms with Crippen LogP contribution in [0, 0.1) is 6.92 Å². The van der Waals surface area contributed by atoms with Crippen LogP contribution in [0.2, 0.25) is 10.0 Å². The number of nitrogens with zero attached hydrogens (tertiary/aromatic N) is 2. The maximum atomic E-state index is 12.0. The normalized spacial score (nSPS) is 11.2. The molecule has 0 amide bonds. The Balaban J connectivity index is 2.21. The molecule has 0 bridgehead atoms. The first-order chi connectivity index (χ1) is 8.97. The number of aromatic nitrogens is 2. The fourth-order valence-electron chi connectivity index (χ4n) is 1.69. The highest BCUT2D eigenvalue weighted by Gasteiger charge is 2.05.